The van der Waals surface area contributed by atoms with Crippen molar-refractivity contribution in [2.75, 3.05) is 7.05 Å². The van der Waals surface area contributed by atoms with E-state index >= 15 is 0 Å². The molecule has 4 aromatic rings. The summed E-state index contributed by atoms with van der Waals surface area (Å²) in [5.74, 6) is -0.597. The van der Waals surface area contributed by atoms with E-state index in [1.807, 2.05) is 91.0 Å². The van der Waals surface area contributed by atoms with Crippen molar-refractivity contribution < 1.29 is 9.59 Å². The van der Waals surface area contributed by atoms with Gasteiger partial charge in [-0.15, -0.1) is 0 Å². The Bertz CT molecular complexity index is 1290. The highest BCUT2D eigenvalue weighted by Crippen LogP contribution is 2.32. The third-order valence-corrected chi connectivity index (χ3v) is 7.40. The van der Waals surface area contributed by atoms with Crippen molar-refractivity contribution in [3.63, 3.8) is 0 Å². The number of hydrogen-bond acceptors (Lipinski definition) is 2. The van der Waals surface area contributed by atoms with E-state index in [9.17, 15) is 9.59 Å². The van der Waals surface area contributed by atoms with Gasteiger partial charge in [0, 0.05) is 48.0 Å². The summed E-state index contributed by atoms with van der Waals surface area (Å²) >= 11 is 13.1. The lowest BCUT2D eigenvalue weighted by molar-refractivity contribution is -0.141. The average Bonchev–Trinajstić information content (AvgIpc) is 2.96. The van der Waals surface area contributed by atoms with Gasteiger partial charge in [0.05, 0.1) is 0 Å². The monoisotopic (exact) mass is 544 g/mol. The zero-order valence-electron chi connectivity index (χ0n) is 21.2. The number of carbonyl (C=O) groups is 2. The summed E-state index contributed by atoms with van der Waals surface area (Å²) in [5.41, 5.74) is 3.62. The first kappa shape index (κ1) is 27.4. The molecule has 38 heavy (non-hydrogen) atoms. The highest BCUT2D eigenvalue weighted by Gasteiger charge is 2.32. The van der Waals surface area contributed by atoms with Gasteiger partial charge in [-0.05, 0) is 28.8 Å². The number of carbonyl (C=O) groups excluding carboxylic acids is 2. The van der Waals surface area contributed by atoms with Crippen LogP contribution in [0.25, 0.3) is 0 Å². The van der Waals surface area contributed by atoms with Crippen molar-refractivity contribution in [1.82, 2.24) is 10.2 Å². The van der Waals surface area contributed by atoms with Crippen molar-refractivity contribution in [1.29, 1.82) is 0 Å². The second-order valence-corrected chi connectivity index (χ2v) is 9.93. The van der Waals surface area contributed by atoms with Crippen molar-refractivity contribution in [2.24, 2.45) is 0 Å². The first-order valence-corrected chi connectivity index (χ1v) is 13.3. The second-order valence-electron chi connectivity index (χ2n) is 9.12. The highest BCUT2D eigenvalue weighted by atomic mass is 35.5. The van der Waals surface area contributed by atoms with Crippen LogP contribution in [-0.4, -0.2) is 29.8 Å². The molecule has 1 atom stereocenters. The lowest BCUT2D eigenvalue weighted by Gasteiger charge is -2.33. The molecule has 0 fully saturated rings. The fourth-order valence-electron chi connectivity index (χ4n) is 4.67. The molecule has 0 aliphatic heterocycles. The van der Waals surface area contributed by atoms with Crippen LogP contribution in [-0.2, 0) is 22.6 Å². The Hall–Kier alpha value is -3.60. The van der Waals surface area contributed by atoms with Gasteiger partial charge < -0.3 is 10.2 Å². The van der Waals surface area contributed by atoms with Gasteiger partial charge in [-0.25, -0.2) is 0 Å². The number of hydrogen-bond donors (Lipinski definition) is 1. The van der Waals surface area contributed by atoms with Gasteiger partial charge >= 0.3 is 0 Å². The minimum absolute atomic E-state index is 0.110. The van der Waals surface area contributed by atoms with E-state index < -0.39 is 6.04 Å². The molecule has 0 saturated heterocycles. The van der Waals surface area contributed by atoms with Gasteiger partial charge in [0.2, 0.25) is 11.8 Å². The van der Waals surface area contributed by atoms with E-state index in [-0.39, 0.29) is 30.7 Å². The number of nitrogens with zero attached hydrogens (tertiary/aromatic N) is 1. The molecule has 6 heteroatoms. The molecule has 0 unspecified atom stereocenters. The normalized spacial score (nSPS) is 11.7. The highest BCUT2D eigenvalue weighted by molar-refractivity contribution is 6.36. The van der Waals surface area contributed by atoms with Crippen LogP contribution in [0.2, 0.25) is 10.0 Å². The molecule has 1 N–H and O–H groups in total. The molecule has 0 aromatic heterocycles. The van der Waals surface area contributed by atoms with Crippen LogP contribution in [0.15, 0.2) is 109 Å². The summed E-state index contributed by atoms with van der Waals surface area (Å²) in [7, 11) is 1.59. The Morgan fingerprint density at radius 2 is 1.24 bits per heavy atom. The quantitative estimate of drug-likeness (QED) is 0.236. The second kappa shape index (κ2) is 13.3. The average molecular weight is 546 g/mol. The van der Waals surface area contributed by atoms with Gasteiger partial charge in [-0.2, -0.15) is 0 Å². The molecule has 4 rings (SSSR count). The maximum atomic E-state index is 14.2. The number of rotatable bonds is 10. The Morgan fingerprint density at radius 3 is 1.74 bits per heavy atom. The summed E-state index contributed by atoms with van der Waals surface area (Å²) in [6, 6.07) is 34.1. The molecular formula is C32H30Cl2N2O2. The lowest BCUT2D eigenvalue weighted by Crippen LogP contribution is -2.50. The standard InChI is InChI=1S/C32H30Cl2N2O2/c1-35-32(38)30(20-23-12-5-2-6-13-23)36(22-27-28(33)18-11-19-29(27)34)31(37)21-26(24-14-7-3-8-15-24)25-16-9-4-10-17-25/h2-19,26,30H,20-22H2,1H3,(H,35,38)/t30-/m0/s1. The molecule has 0 saturated carbocycles. The zero-order chi connectivity index (χ0) is 26.9. The molecule has 4 nitrogen and oxygen atoms in total. The van der Waals surface area contributed by atoms with E-state index in [4.69, 9.17) is 23.2 Å². The maximum Gasteiger partial charge on any atom is 0.242 e. The van der Waals surface area contributed by atoms with Gasteiger partial charge in [0.25, 0.3) is 0 Å². The Labute approximate surface area is 234 Å². The smallest absolute Gasteiger partial charge is 0.242 e. The van der Waals surface area contributed by atoms with Crippen LogP contribution in [0.1, 0.15) is 34.6 Å². The lowest BCUT2D eigenvalue weighted by atomic mass is 9.87. The summed E-state index contributed by atoms with van der Waals surface area (Å²) in [6.07, 6.45) is 0.536. The number of halogens is 2. The van der Waals surface area contributed by atoms with Crippen molar-refractivity contribution in [2.45, 2.75) is 31.3 Å². The first-order chi connectivity index (χ1) is 18.5. The molecule has 0 heterocycles. The molecular weight excluding hydrogens is 515 g/mol. The van der Waals surface area contributed by atoms with Crippen LogP contribution < -0.4 is 5.32 Å². The molecule has 0 radical (unpaired) electrons. The predicted molar refractivity (Wildman–Crippen MR) is 154 cm³/mol. The van der Waals surface area contributed by atoms with Crippen LogP contribution in [0.4, 0.5) is 0 Å². The van der Waals surface area contributed by atoms with Gasteiger partial charge in [0.1, 0.15) is 6.04 Å². The number of amides is 2. The summed E-state index contributed by atoms with van der Waals surface area (Å²) in [4.78, 5) is 29.1. The number of nitrogens with one attached hydrogen (secondary N) is 1. The minimum atomic E-state index is -0.755. The Morgan fingerprint density at radius 1 is 0.737 bits per heavy atom. The van der Waals surface area contributed by atoms with E-state index in [1.165, 1.54) is 0 Å². The number of likely N-dealkylation sites (N-methyl/N-ethyl adjacent to an activating group) is 1. The first-order valence-electron chi connectivity index (χ1n) is 12.6. The Kier molecular flexibility index (Phi) is 9.58. The van der Waals surface area contributed by atoms with E-state index in [0.717, 1.165) is 16.7 Å². The summed E-state index contributed by atoms with van der Waals surface area (Å²) < 4.78 is 0. The van der Waals surface area contributed by atoms with E-state index in [0.29, 0.717) is 22.0 Å². The van der Waals surface area contributed by atoms with E-state index in [1.54, 1.807) is 30.1 Å². The van der Waals surface area contributed by atoms with Gasteiger partial charge in [-0.3, -0.25) is 9.59 Å². The third kappa shape index (κ3) is 6.83. The molecule has 194 valence electrons. The minimum Gasteiger partial charge on any atom is -0.357 e. The third-order valence-electron chi connectivity index (χ3n) is 6.69. The molecule has 4 aromatic carbocycles. The SMILES string of the molecule is CNC(=O)[C@H](Cc1ccccc1)N(Cc1c(Cl)cccc1Cl)C(=O)CC(c1ccccc1)c1ccccc1. The zero-order valence-corrected chi connectivity index (χ0v) is 22.7. The van der Waals surface area contributed by atoms with Gasteiger partial charge in [0.15, 0.2) is 0 Å². The van der Waals surface area contributed by atoms with Crippen molar-refractivity contribution in [3.05, 3.63) is 141 Å². The fraction of sp³-hybridized carbons (Fsp3) is 0.188. The summed E-state index contributed by atoms with van der Waals surface area (Å²) in [5, 5.41) is 3.66. The molecule has 0 bridgehead atoms. The van der Waals surface area contributed by atoms with Crippen LogP contribution in [0.5, 0.6) is 0 Å². The predicted octanol–water partition coefficient (Wildman–Crippen LogP) is 6.90. The Balaban J connectivity index is 1.75. The largest absolute Gasteiger partial charge is 0.357 e. The van der Waals surface area contributed by atoms with Gasteiger partial charge in [-0.1, -0.05) is 120 Å². The molecule has 0 spiro atoms. The van der Waals surface area contributed by atoms with E-state index in [2.05, 4.69) is 5.32 Å². The fourth-order valence-corrected chi connectivity index (χ4v) is 5.18. The van der Waals surface area contributed by atoms with Crippen LogP contribution in [0.3, 0.4) is 0 Å². The van der Waals surface area contributed by atoms with Crippen molar-refractivity contribution >= 4 is 35.0 Å². The summed E-state index contributed by atoms with van der Waals surface area (Å²) in [6.45, 7) is 0.110. The maximum absolute atomic E-state index is 14.2. The van der Waals surface area contributed by atoms with Crippen molar-refractivity contribution in [3.8, 4) is 0 Å². The molecule has 0 aliphatic carbocycles. The van der Waals surface area contributed by atoms with Crippen LogP contribution in [0, 0.1) is 0 Å². The van der Waals surface area contributed by atoms with Crippen LogP contribution >= 0.6 is 23.2 Å². The topological polar surface area (TPSA) is 49.4 Å². The number of benzene rings is 4. The molecule has 0 aliphatic rings. The molecule has 2 amide bonds.